The van der Waals surface area contributed by atoms with E-state index < -0.39 is 0 Å². The lowest BCUT2D eigenvalue weighted by Crippen LogP contribution is -2.12. The van der Waals surface area contributed by atoms with E-state index in [-0.39, 0.29) is 5.41 Å². The Balaban J connectivity index is 2.08. The molecule has 0 amide bonds. The van der Waals surface area contributed by atoms with Crippen LogP contribution in [0.15, 0.2) is 12.5 Å². The normalized spacial score (nSPS) is 19.5. The molecule has 0 spiro atoms. The molecule has 0 atom stereocenters. The number of hydrogen-bond donors (Lipinski definition) is 1. The standard InChI is InChI=1S/C9H14N2O/c1-11-7-10-5-8(11)4-9(6-12)2-3-9/h5,7,12H,2-4,6H2,1H3. The summed E-state index contributed by atoms with van der Waals surface area (Å²) in [6, 6.07) is 0. The minimum absolute atomic E-state index is 0.202. The zero-order valence-electron chi connectivity index (χ0n) is 7.32. The maximum atomic E-state index is 9.12. The second-order valence-electron chi connectivity index (χ2n) is 3.83. The van der Waals surface area contributed by atoms with Crippen LogP contribution in [0.5, 0.6) is 0 Å². The second-order valence-corrected chi connectivity index (χ2v) is 3.83. The van der Waals surface area contributed by atoms with E-state index in [1.807, 2.05) is 24.1 Å². The van der Waals surface area contributed by atoms with Crippen molar-refractivity contribution in [3.8, 4) is 0 Å². The SMILES string of the molecule is Cn1cncc1CC1(CO)CC1. The van der Waals surface area contributed by atoms with Gasteiger partial charge in [0.2, 0.25) is 0 Å². The summed E-state index contributed by atoms with van der Waals surface area (Å²) >= 11 is 0. The van der Waals surface area contributed by atoms with Crippen LogP contribution in [0.25, 0.3) is 0 Å². The van der Waals surface area contributed by atoms with Gasteiger partial charge in [-0.2, -0.15) is 0 Å². The fourth-order valence-electron chi connectivity index (χ4n) is 1.51. The Morgan fingerprint density at radius 3 is 2.83 bits per heavy atom. The summed E-state index contributed by atoms with van der Waals surface area (Å²) in [5.41, 5.74) is 1.43. The smallest absolute Gasteiger partial charge is 0.0945 e. The molecule has 0 aliphatic heterocycles. The van der Waals surface area contributed by atoms with Crippen molar-refractivity contribution in [1.82, 2.24) is 9.55 Å². The topological polar surface area (TPSA) is 38.0 Å². The van der Waals surface area contributed by atoms with Gasteiger partial charge in [0.15, 0.2) is 0 Å². The molecule has 1 N–H and O–H groups in total. The lowest BCUT2D eigenvalue weighted by Gasteiger charge is -2.10. The van der Waals surface area contributed by atoms with Gasteiger partial charge < -0.3 is 9.67 Å². The number of aryl methyl sites for hydroxylation is 1. The summed E-state index contributed by atoms with van der Waals surface area (Å²) in [6.07, 6.45) is 6.99. The lowest BCUT2D eigenvalue weighted by molar-refractivity contribution is 0.209. The van der Waals surface area contributed by atoms with Crippen LogP contribution in [0, 0.1) is 5.41 Å². The van der Waals surface area contributed by atoms with Gasteiger partial charge in [-0.25, -0.2) is 4.98 Å². The third-order valence-corrected chi connectivity index (χ3v) is 2.77. The van der Waals surface area contributed by atoms with Gasteiger partial charge in [0.05, 0.1) is 6.33 Å². The van der Waals surface area contributed by atoms with Crippen LogP contribution < -0.4 is 0 Å². The molecular weight excluding hydrogens is 152 g/mol. The van der Waals surface area contributed by atoms with E-state index in [0.717, 1.165) is 19.3 Å². The highest BCUT2D eigenvalue weighted by Crippen LogP contribution is 2.47. The predicted molar refractivity (Wildman–Crippen MR) is 45.7 cm³/mol. The molecule has 66 valence electrons. The van der Waals surface area contributed by atoms with Gasteiger partial charge in [0.1, 0.15) is 0 Å². The molecule has 0 bridgehead atoms. The first-order valence-electron chi connectivity index (χ1n) is 4.32. The molecule has 1 heterocycles. The lowest BCUT2D eigenvalue weighted by atomic mass is 10.0. The Morgan fingerprint density at radius 2 is 2.42 bits per heavy atom. The summed E-state index contributed by atoms with van der Waals surface area (Å²) in [6.45, 7) is 0.318. The van der Waals surface area contributed by atoms with E-state index in [2.05, 4.69) is 4.98 Å². The van der Waals surface area contributed by atoms with Crippen molar-refractivity contribution < 1.29 is 5.11 Å². The van der Waals surface area contributed by atoms with Crippen molar-refractivity contribution >= 4 is 0 Å². The molecule has 1 aromatic heterocycles. The molecule has 1 aliphatic rings. The molecule has 0 aromatic carbocycles. The van der Waals surface area contributed by atoms with Gasteiger partial charge in [0, 0.05) is 25.5 Å². The molecule has 0 saturated heterocycles. The fraction of sp³-hybridized carbons (Fsp3) is 0.667. The van der Waals surface area contributed by atoms with E-state index in [1.165, 1.54) is 5.69 Å². The van der Waals surface area contributed by atoms with Crippen molar-refractivity contribution in [2.24, 2.45) is 12.5 Å². The van der Waals surface area contributed by atoms with Gasteiger partial charge in [-0.1, -0.05) is 0 Å². The van der Waals surface area contributed by atoms with E-state index in [1.54, 1.807) is 0 Å². The maximum absolute atomic E-state index is 9.12. The largest absolute Gasteiger partial charge is 0.396 e. The van der Waals surface area contributed by atoms with E-state index >= 15 is 0 Å². The average Bonchev–Trinajstić information content (AvgIpc) is 2.74. The van der Waals surface area contributed by atoms with Crippen molar-refractivity contribution in [2.45, 2.75) is 19.3 Å². The molecule has 1 saturated carbocycles. The van der Waals surface area contributed by atoms with E-state index in [4.69, 9.17) is 5.11 Å². The molecule has 1 aliphatic carbocycles. The number of imidazole rings is 1. The van der Waals surface area contributed by atoms with Gasteiger partial charge in [-0.3, -0.25) is 0 Å². The number of aromatic nitrogens is 2. The summed E-state index contributed by atoms with van der Waals surface area (Å²) in [5, 5.41) is 9.12. The van der Waals surface area contributed by atoms with Crippen LogP contribution in [0.3, 0.4) is 0 Å². The third-order valence-electron chi connectivity index (χ3n) is 2.77. The monoisotopic (exact) mass is 166 g/mol. The predicted octanol–water partition coefficient (Wildman–Crippen LogP) is 0.735. The molecule has 12 heavy (non-hydrogen) atoms. The minimum Gasteiger partial charge on any atom is -0.396 e. The van der Waals surface area contributed by atoms with Gasteiger partial charge in [-0.15, -0.1) is 0 Å². The van der Waals surface area contributed by atoms with E-state index in [9.17, 15) is 0 Å². The first-order chi connectivity index (χ1) is 5.76. The van der Waals surface area contributed by atoms with Crippen molar-refractivity contribution in [2.75, 3.05) is 6.61 Å². The molecule has 3 nitrogen and oxygen atoms in total. The van der Waals surface area contributed by atoms with Gasteiger partial charge >= 0.3 is 0 Å². The average molecular weight is 166 g/mol. The highest BCUT2D eigenvalue weighted by Gasteiger charge is 2.42. The Hall–Kier alpha value is -0.830. The Morgan fingerprint density at radius 1 is 1.67 bits per heavy atom. The van der Waals surface area contributed by atoms with Crippen LogP contribution >= 0.6 is 0 Å². The quantitative estimate of drug-likeness (QED) is 0.719. The molecule has 2 rings (SSSR count). The Labute approximate surface area is 72.0 Å². The summed E-state index contributed by atoms with van der Waals surface area (Å²) in [7, 11) is 2.00. The maximum Gasteiger partial charge on any atom is 0.0945 e. The second kappa shape index (κ2) is 2.59. The zero-order valence-corrected chi connectivity index (χ0v) is 7.32. The molecule has 0 unspecified atom stereocenters. The molecule has 1 aromatic rings. The summed E-state index contributed by atoms with van der Waals surface area (Å²) in [5.74, 6) is 0. The molecule has 1 fully saturated rings. The zero-order chi connectivity index (χ0) is 8.60. The number of hydrogen-bond acceptors (Lipinski definition) is 2. The van der Waals surface area contributed by atoms with Gasteiger partial charge in [0.25, 0.3) is 0 Å². The van der Waals surface area contributed by atoms with Crippen molar-refractivity contribution in [3.05, 3.63) is 18.2 Å². The molecule has 3 heteroatoms. The number of aliphatic hydroxyl groups is 1. The van der Waals surface area contributed by atoms with Crippen LogP contribution in [0.4, 0.5) is 0 Å². The Kier molecular flexibility index (Phi) is 1.68. The molecule has 0 radical (unpaired) electrons. The van der Waals surface area contributed by atoms with Crippen LogP contribution in [0.1, 0.15) is 18.5 Å². The highest BCUT2D eigenvalue weighted by molar-refractivity contribution is 5.07. The summed E-state index contributed by atoms with van der Waals surface area (Å²) < 4.78 is 2.02. The number of aliphatic hydroxyl groups excluding tert-OH is 1. The van der Waals surface area contributed by atoms with Crippen LogP contribution in [-0.2, 0) is 13.5 Å². The highest BCUT2D eigenvalue weighted by atomic mass is 16.3. The van der Waals surface area contributed by atoms with Crippen LogP contribution in [-0.4, -0.2) is 21.3 Å². The van der Waals surface area contributed by atoms with Gasteiger partial charge in [-0.05, 0) is 24.7 Å². The molecular formula is C9H14N2O. The number of rotatable bonds is 3. The number of nitrogens with zero attached hydrogens (tertiary/aromatic N) is 2. The Bertz CT molecular complexity index is 276. The first kappa shape index (κ1) is 7.80. The fourth-order valence-corrected chi connectivity index (χ4v) is 1.51. The minimum atomic E-state index is 0.202. The van der Waals surface area contributed by atoms with Crippen molar-refractivity contribution in [1.29, 1.82) is 0 Å². The van der Waals surface area contributed by atoms with Crippen molar-refractivity contribution in [3.63, 3.8) is 0 Å². The first-order valence-corrected chi connectivity index (χ1v) is 4.32. The van der Waals surface area contributed by atoms with E-state index in [0.29, 0.717) is 6.61 Å². The van der Waals surface area contributed by atoms with Crippen LogP contribution in [0.2, 0.25) is 0 Å². The third kappa shape index (κ3) is 1.25. The summed E-state index contributed by atoms with van der Waals surface area (Å²) in [4.78, 5) is 4.05.